The Hall–Kier alpha value is -0.770. The monoisotopic (exact) mass is 269 g/mol. The Labute approximate surface area is 118 Å². The molecule has 0 heterocycles. The molecule has 0 aliphatic heterocycles. The standard InChI is InChI=1S/C15H31N3O/c1-4-9-17-14(19)18(10-5-2)15(12-16)8-6-7-13(3)11-15/h13H,4-12,16H2,1-3H3,(H,17,19). The Morgan fingerprint density at radius 1 is 1.42 bits per heavy atom. The zero-order valence-electron chi connectivity index (χ0n) is 12.9. The van der Waals surface area contributed by atoms with Gasteiger partial charge in [-0.2, -0.15) is 0 Å². The van der Waals surface area contributed by atoms with E-state index in [-0.39, 0.29) is 11.6 Å². The van der Waals surface area contributed by atoms with Crippen LogP contribution in [-0.4, -0.2) is 36.1 Å². The Bertz CT molecular complexity index is 283. The molecule has 0 aromatic carbocycles. The Kier molecular flexibility index (Phi) is 6.63. The minimum absolute atomic E-state index is 0.0725. The van der Waals surface area contributed by atoms with Crippen LogP contribution in [0.4, 0.5) is 4.79 Å². The zero-order chi connectivity index (χ0) is 14.3. The van der Waals surface area contributed by atoms with E-state index >= 15 is 0 Å². The molecule has 1 saturated carbocycles. The molecule has 3 N–H and O–H groups in total. The second-order valence-corrected chi connectivity index (χ2v) is 6.01. The molecule has 2 unspecified atom stereocenters. The van der Waals surface area contributed by atoms with E-state index in [1.54, 1.807) is 0 Å². The van der Waals surface area contributed by atoms with Crippen LogP contribution < -0.4 is 11.1 Å². The second-order valence-electron chi connectivity index (χ2n) is 6.01. The number of nitrogens with one attached hydrogen (secondary N) is 1. The smallest absolute Gasteiger partial charge is 0.317 e. The molecule has 0 radical (unpaired) electrons. The lowest BCUT2D eigenvalue weighted by atomic mass is 9.75. The first-order valence-electron chi connectivity index (χ1n) is 7.85. The van der Waals surface area contributed by atoms with E-state index in [4.69, 9.17) is 5.73 Å². The average molecular weight is 269 g/mol. The van der Waals surface area contributed by atoms with E-state index in [0.29, 0.717) is 12.5 Å². The molecule has 1 aliphatic rings. The summed E-state index contributed by atoms with van der Waals surface area (Å²) < 4.78 is 0. The maximum absolute atomic E-state index is 12.4. The largest absolute Gasteiger partial charge is 0.338 e. The van der Waals surface area contributed by atoms with Gasteiger partial charge in [-0.3, -0.25) is 0 Å². The third-order valence-corrected chi connectivity index (χ3v) is 4.24. The predicted octanol–water partition coefficient (Wildman–Crippen LogP) is 2.73. The van der Waals surface area contributed by atoms with Crippen LogP contribution in [0.15, 0.2) is 0 Å². The van der Waals surface area contributed by atoms with Gasteiger partial charge in [-0.25, -0.2) is 4.79 Å². The van der Waals surface area contributed by atoms with Crippen LogP contribution in [0.2, 0.25) is 0 Å². The fourth-order valence-electron chi connectivity index (χ4n) is 3.28. The first-order chi connectivity index (χ1) is 9.09. The lowest BCUT2D eigenvalue weighted by Crippen LogP contribution is -2.60. The molecule has 4 nitrogen and oxygen atoms in total. The molecule has 0 spiro atoms. The zero-order valence-corrected chi connectivity index (χ0v) is 12.9. The molecule has 1 rings (SSSR count). The number of rotatable bonds is 6. The van der Waals surface area contributed by atoms with Crippen molar-refractivity contribution in [1.29, 1.82) is 0 Å². The summed E-state index contributed by atoms with van der Waals surface area (Å²) in [4.78, 5) is 14.4. The van der Waals surface area contributed by atoms with Gasteiger partial charge in [0.05, 0.1) is 5.54 Å². The van der Waals surface area contributed by atoms with Crippen LogP contribution in [-0.2, 0) is 0 Å². The van der Waals surface area contributed by atoms with Crippen molar-refractivity contribution in [3.05, 3.63) is 0 Å². The third-order valence-electron chi connectivity index (χ3n) is 4.24. The predicted molar refractivity (Wildman–Crippen MR) is 80.1 cm³/mol. The summed E-state index contributed by atoms with van der Waals surface area (Å²) in [6.07, 6.45) is 6.49. The summed E-state index contributed by atoms with van der Waals surface area (Å²) in [5.74, 6) is 0.663. The molecular weight excluding hydrogens is 238 g/mol. The van der Waals surface area contributed by atoms with Gasteiger partial charge in [-0.05, 0) is 31.6 Å². The van der Waals surface area contributed by atoms with Crippen LogP contribution in [0, 0.1) is 5.92 Å². The first-order valence-corrected chi connectivity index (χ1v) is 7.85. The van der Waals surface area contributed by atoms with Crippen molar-refractivity contribution >= 4 is 6.03 Å². The molecule has 0 bridgehead atoms. The molecule has 4 heteroatoms. The molecule has 0 saturated heterocycles. The van der Waals surface area contributed by atoms with Crippen molar-refractivity contribution in [1.82, 2.24) is 10.2 Å². The van der Waals surface area contributed by atoms with Gasteiger partial charge in [0, 0.05) is 19.6 Å². The van der Waals surface area contributed by atoms with Crippen molar-refractivity contribution in [3.63, 3.8) is 0 Å². The molecule has 112 valence electrons. The second kappa shape index (κ2) is 7.73. The van der Waals surface area contributed by atoms with Crippen LogP contribution >= 0.6 is 0 Å². The first kappa shape index (κ1) is 16.3. The number of carbonyl (C=O) groups excluding carboxylic acids is 1. The van der Waals surface area contributed by atoms with Gasteiger partial charge in [0.1, 0.15) is 0 Å². The summed E-state index contributed by atoms with van der Waals surface area (Å²) in [6.45, 7) is 8.60. The Morgan fingerprint density at radius 3 is 2.68 bits per heavy atom. The topological polar surface area (TPSA) is 58.4 Å². The number of hydrogen-bond donors (Lipinski definition) is 2. The van der Waals surface area contributed by atoms with E-state index in [1.807, 2.05) is 4.90 Å². The summed E-state index contributed by atoms with van der Waals surface area (Å²) in [6, 6.07) is 0.0725. The van der Waals surface area contributed by atoms with Crippen LogP contribution in [0.5, 0.6) is 0 Å². The van der Waals surface area contributed by atoms with Crippen LogP contribution in [0.25, 0.3) is 0 Å². The molecular formula is C15H31N3O. The number of nitrogens with zero attached hydrogens (tertiary/aromatic N) is 1. The van der Waals surface area contributed by atoms with E-state index in [2.05, 4.69) is 26.1 Å². The highest BCUT2D eigenvalue weighted by Crippen LogP contribution is 2.36. The lowest BCUT2D eigenvalue weighted by Gasteiger charge is -2.47. The average Bonchev–Trinajstić information content (AvgIpc) is 2.42. The van der Waals surface area contributed by atoms with Crippen LogP contribution in [0.3, 0.4) is 0 Å². The highest BCUT2D eigenvalue weighted by molar-refractivity contribution is 5.75. The van der Waals surface area contributed by atoms with E-state index in [0.717, 1.165) is 38.8 Å². The maximum atomic E-state index is 12.4. The summed E-state index contributed by atoms with van der Waals surface area (Å²) in [5, 5.41) is 3.02. The quantitative estimate of drug-likeness (QED) is 0.779. The fraction of sp³-hybridized carbons (Fsp3) is 0.933. The number of nitrogens with two attached hydrogens (primary N) is 1. The Morgan fingerprint density at radius 2 is 2.16 bits per heavy atom. The normalized spacial score (nSPS) is 27.1. The SMILES string of the molecule is CCCNC(=O)N(CCC)C1(CN)CCCC(C)C1. The van der Waals surface area contributed by atoms with E-state index in [9.17, 15) is 4.79 Å². The van der Waals surface area contributed by atoms with Gasteiger partial charge >= 0.3 is 6.03 Å². The molecule has 2 amide bonds. The summed E-state index contributed by atoms with van der Waals surface area (Å²) in [7, 11) is 0. The van der Waals surface area contributed by atoms with Crippen molar-refractivity contribution in [2.75, 3.05) is 19.6 Å². The molecule has 2 atom stereocenters. The fourth-order valence-corrected chi connectivity index (χ4v) is 3.28. The lowest BCUT2D eigenvalue weighted by molar-refractivity contribution is 0.0659. The van der Waals surface area contributed by atoms with E-state index < -0.39 is 0 Å². The maximum Gasteiger partial charge on any atom is 0.317 e. The minimum atomic E-state index is -0.120. The third kappa shape index (κ3) is 4.10. The molecule has 19 heavy (non-hydrogen) atoms. The summed E-state index contributed by atoms with van der Waals surface area (Å²) in [5.41, 5.74) is 5.96. The summed E-state index contributed by atoms with van der Waals surface area (Å²) >= 11 is 0. The van der Waals surface area contributed by atoms with Gasteiger partial charge < -0.3 is 16.0 Å². The van der Waals surface area contributed by atoms with E-state index in [1.165, 1.54) is 12.8 Å². The highest BCUT2D eigenvalue weighted by Gasteiger charge is 2.41. The number of carbonyl (C=O) groups is 1. The number of hydrogen-bond acceptors (Lipinski definition) is 2. The van der Waals surface area contributed by atoms with Crippen molar-refractivity contribution < 1.29 is 4.79 Å². The molecule has 1 fully saturated rings. The van der Waals surface area contributed by atoms with Gasteiger partial charge in [0.15, 0.2) is 0 Å². The van der Waals surface area contributed by atoms with Crippen molar-refractivity contribution in [2.45, 2.75) is 64.8 Å². The number of amides is 2. The van der Waals surface area contributed by atoms with Gasteiger partial charge in [0.2, 0.25) is 0 Å². The van der Waals surface area contributed by atoms with Gasteiger partial charge in [0.25, 0.3) is 0 Å². The van der Waals surface area contributed by atoms with Gasteiger partial charge in [-0.15, -0.1) is 0 Å². The Balaban J connectivity index is 2.83. The van der Waals surface area contributed by atoms with Gasteiger partial charge in [-0.1, -0.05) is 33.6 Å². The molecule has 0 aromatic rings. The minimum Gasteiger partial charge on any atom is -0.338 e. The highest BCUT2D eigenvalue weighted by atomic mass is 16.2. The molecule has 0 aromatic heterocycles. The van der Waals surface area contributed by atoms with Crippen molar-refractivity contribution in [3.8, 4) is 0 Å². The molecule has 1 aliphatic carbocycles. The number of urea groups is 1. The van der Waals surface area contributed by atoms with Crippen LogP contribution in [0.1, 0.15) is 59.3 Å². The van der Waals surface area contributed by atoms with Crippen molar-refractivity contribution in [2.24, 2.45) is 11.7 Å².